The topological polar surface area (TPSA) is 46.2 Å². The highest BCUT2D eigenvalue weighted by Crippen LogP contribution is 2.37. The standard InChI is InChI=1S/C7H5ClF3NO/c8-4-1-3(7(9,10)11)2-5(13)6(4)12/h1-2,13H,12H2. The fourth-order valence-corrected chi connectivity index (χ4v) is 0.981. The summed E-state index contributed by atoms with van der Waals surface area (Å²) in [6.45, 7) is 0. The van der Waals surface area contributed by atoms with Crippen molar-refractivity contribution in [2.75, 3.05) is 5.73 Å². The van der Waals surface area contributed by atoms with Crippen LogP contribution >= 0.6 is 11.6 Å². The summed E-state index contributed by atoms with van der Waals surface area (Å²) in [5.74, 6) is -0.667. The molecule has 1 rings (SSSR count). The first-order chi connectivity index (χ1) is 5.82. The Morgan fingerprint density at radius 1 is 1.31 bits per heavy atom. The number of rotatable bonds is 0. The lowest BCUT2D eigenvalue weighted by atomic mass is 10.2. The van der Waals surface area contributed by atoms with E-state index in [4.69, 9.17) is 22.4 Å². The highest BCUT2D eigenvalue weighted by molar-refractivity contribution is 6.33. The average molecular weight is 212 g/mol. The van der Waals surface area contributed by atoms with Gasteiger partial charge in [0.05, 0.1) is 16.3 Å². The van der Waals surface area contributed by atoms with Gasteiger partial charge in [0.15, 0.2) is 0 Å². The van der Waals surface area contributed by atoms with Crippen molar-refractivity contribution < 1.29 is 18.3 Å². The van der Waals surface area contributed by atoms with E-state index in [1.54, 1.807) is 0 Å². The van der Waals surface area contributed by atoms with Crippen LogP contribution in [0.3, 0.4) is 0 Å². The van der Waals surface area contributed by atoms with Gasteiger partial charge in [0.1, 0.15) is 5.75 Å². The summed E-state index contributed by atoms with van der Waals surface area (Å²) in [5.41, 5.74) is 3.87. The number of hydrogen-bond acceptors (Lipinski definition) is 2. The number of phenolic OH excluding ortho intramolecular Hbond substituents is 1. The summed E-state index contributed by atoms with van der Waals surface area (Å²) in [6, 6.07) is 1.19. The van der Waals surface area contributed by atoms with E-state index in [1.165, 1.54) is 0 Å². The van der Waals surface area contributed by atoms with Crippen LogP contribution in [0.4, 0.5) is 18.9 Å². The molecule has 0 bridgehead atoms. The summed E-state index contributed by atoms with van der Waals surface area (Å²) < 4.78 is 36.2. The molecule has 0 saturated carbocycles. The molecule has 0 spiro atoms. The molecule has 0 radical (unpaired) electrons. The number of hydrogen-bond donors (Lipinski definition) is 2. The van der Waals surface area contributed by atoms with E-state index in [0.717, 1.165) is 0 Å². The minimum absolute atomic E-state index is 0.255. The third-order valence-corrected chi connectivity index (χ3v) is 1.75. The monoisotopic (exact) mass is 211 g/mol. The number of halogens is 4. The van der Waals surface area contributed by atoms with Crippen molar-refractivity contribution in [3.8, 4) is 5.75 Å². The highest BCUT2D eigenvalue weighted by Gasteiger charge is 2.31. The number of benzene rings is 1. The Labute approximate surface area is 76.7 Å². The quantitative estimate of drug-likeness (QED) is 0.512. The zero-order valence-corrected chi connectivity index (χ0v) is 6.95. The van der Waals surface area contributed by atoms with E-state index in [-0.39, 0.29) is 10.7 Å². The third kappa shape index (κ3) is 1.98. The zero-order valence-electron chi connectivity index (χ0n) is 6.19. The van der Waals surface area contributed by atoms with Crippen LogP contribution in [0.5, 0.6) is 5.75 Å². The molecule has 0 saturated heterocycles. The molecule has 6 heteroatoms. The largest absolute Gasteiger partial charge is 0.506 e. The van der Waals surface area contributed by atoms with Crippen LogP contribution in [0.15, 0.2) is 12.1 Å². The molecule has 0 aromatic heterocycles. The zero-order chi connectivity index (χ0) is 10.2. The summed E-state index contributed by atoms with van der Waals surface area (Å²) in [5, 5.41) is 8.62. The van der Waals surface area contributed by atoms with Crippen LogP contribution in [-0.4, -0.2) is 5.11 Å². The van der Waals surface area contributed by atoms with Gasteiger partial charge in [-0.3, -0.25) is 0 Å². The first-order valence-corrected chi connectivity index (χ1v) is 3.55. The minimum atomic E-state index is -4.53. The maximum atomic E-state index is 12.1. The number of aromatic hydroxyl groups is 1. The second-order valence-corrected chi connectivity index (χ2v) is 2.80. The second-order valence-electron chi connectivity index (χ2n) is 2.39. The van der Waals surface area contributed by atoms with E-state index in [2.05, 4.69) is 0 Å². The van der Waals surface area contributed by atoms with Gasteiger partial charge in [0.2, 0.25) is 0 Å². The second kappa shape index (κ2) is 2.99. The van der Waals surface area contributed by atoms with Gasteiger partial charge in [0, 0.05) is 0 Å². The van der Waals surface area contributed by atoms with Crippen molar-refractivity contribution in [1.29, 1.82) is 0 Å². The number of nitrogen functional groups attached to an aromatic ring is 1. The predicted octanol–water partition coefficient (Wildman–Crippen LogP) is 2.65. The number of alkyl halides is 3. The minimum Gasteiger partial charge on any atom is -0.506 e. The van der Waals surface area contributed by atoms with Crippen molar-refractivity contribution in [3.63, 3.8) is 0 Å². The third-order valence-electron chi connectivity index (χ3n) is 1.44. The van der Waals surface area contributed by atoms with E-state index >= 15 is 0 Å². The lowest BCUT2D eigenvalue weighted by Crippen LogP contribution is -2.05. The van der Waals surface area contributed by atoms with Gasteiger partial charge < -0.3 is 10.8 Å². The molecular weight excluding hydrogens is 207 g/mol. The molecule has 0 heterocycles. The molecule has 0 amide bonds. The number of phenols is 1. The molecule has 0 fully saturated rings. The number of anilines is 1. The molecule has 0 aliphatic rings. The summed E-state index contributed by atoms with van der Waals surface area (Å²) in [6.07, 6.45) is -4.53. The van der Waals surface area contributed by atoms with Gasteiger partial charge in [-0.05, 0) is 12.1 Å². The fourth-order valence-electron chi connectivity index (χ4n) is 0.767. The van der Waals surface area contributed by atoms with Crippen LogP contribution in [0.2, 0.25) is 5.02 Å². The molecule has 13 heavy (non-hydrogen) atoms. The van der Waals surface area contributed by atoms with Gasteiger partial charge >= 0.3 is 6.18 Å². The van der Waals surface area contributed by atoms with E-state index < -0.39 is 17.5 Å². The molecular formula is C7H5ClF3NO. The first kappa shape index (κ1) is 9.98. The normalized spacial score (nSPS) is 11.7. The predicted molar refractivity (Wildman–Crippen MR) is 42.5 cm³/mol. The van der Waals surface area contributed by atoms with Crippen molar-refractivity contribution in [2.45, 2.75) is 6.18 Å². The lowest BCUT2D eigenvalue weighted by molar-refractivity contribution is -0.137. The fraction of sp³-hybridized carbons (Fsp3) is 0.143. The van der Waals surface area contributed by atoms with Crippen LogP contribution in [0.25, 0.3) is 0 Å². The molecule has 1 aromatic carbocycles. The van der Waals surface area contributed by atoms with Crippen molar-refractivity contribution in [1.82, 2.24) is 0 Å². The van der Waals surface area contributed by atoms with E-state index in [1.807, 2.05) is 0 Å². The Morgan fingerprint density at radius 2 is 1.85 bits per heavy atom. The summed E-state index contributed by atoms with van der Waals surface area (Å²) >= 11 is 5.34. The van der Waals surface area contributed by atoms with Gasteiger partial charge in [0.25, 0.3) is 0 Å². The van der Waals surface area contributed by atoms with Crippen molar-refractivity contribution in [3.05, 3.63) is 22.7 Å². The van der Waals surface area contributed by atoms with Crippen LogP contribution in [0.1, 0.15) is 5.56 Å². The van der Waals surface area contributed by atoms with Crippen LogP contribution in [-0.2, 0) is 6.18 Å². The Kier molecular flexibility index (Phi) is 2.30. The average Bonchev–Trinajstić information content (AvgIpc) is 1.97. The molecule has 2 nitrogen and oxygen atoms in total. The maximum Gasteiger partial charge on any atom is 0.416 e. The Balaban J connectivity index is 3.29. The van der Waals surface area contributed by atoms with E-state index in [0.29, 0.717) is 12.1 Å². The molecule has 0 unspecified atom stereocenters. The summed E-state index contributed by atoms with van der Waals surface area (Å²) in [4.78, 5) is 0. The highest BCUT2D eigenvalue weighted by atomic mass is 35.5. The maximum absolute atomic E-state index is 12.1. The lowest BCUT2D eigenvalue weighted by Gasteiger charge is -2.09. The molecule has 0 aliphatic heterocycles. The summed E-state index contributed by atoms with van der Waals surface area (Å²) in [7, 11) is 0. The molecule has 0 atom stereocenters. The van der Waals surface area contributed by atoms with Gasteiger partial charge in [-0.25, -0.2) is 0 Å². The van der Waals surface area contributed by atoms with Crippen LogP contribution in [0, 0.1) is 0 Å². The SMILES string of the molecule is Nc1c(O)cc(C(F)(F)F)cc1Cl. The van der Waals surface area contributed by atoms with Gasteiger partial charge in [-0.2, -0.15) is 13.2 Å². The van der Waals surface area contributed by atoms with Gasteiger partial charge in [-0.15, -0.1) is 0 Å². The molecule has 72 valence electrons. The molecule has 3 N–H and O–H groups in total. The molecule has 0 aliphatic carbocycles. The number of nitrogens with two attached hydrogens (primary N) is 1. The Hall–Kier alpha value is -1.10. The smallest absolute Gasteiger partial charge is 0.416 e. The van der Waals surface area contributed by atoms with E-state index in [9.17, 15) is 13.2 Å². The Morgan fingerprint density at radius 3 is 2.23 bits per heavy atom. The molecule has 1 aromatic rings. The van der Waals surface area contributed by atoms with Crippen molar-refractivity contribution >= 4 is 17.3 Å². The Bertz CT molecular complexity index is 314. The van der Waals surface area contributed by atoms with Gasteiger partial charge in [-0.1, -0.05) is 11.6 Å². The first-order valence-electron chi connectivity index (χ1n) is 3.17. The van der Waals surface area contributed by atoms with Crippen LogP contribution < -0.4 is 5.73 Å². The van der Waals surface area contributed by atoms with Crippen molar-refractivity contribution in [2.24, 2.45) is 0 Å².